The molecule has 2 fully saturated rings. The van der Waals surface area contributed by atoms with Gasteiger partial charge in [0.2, 0.25) is 11.9 Å². The highest BCUT2D eigenvalue weighted by Gasteiger charge is 2.26. The van der Waals surface area contributed by atoms with Gasteiger partial charge in [-0.05, 0) is 26.2 Å². The number of anilines is 1. The molecular weight excluding hydrogens is 334 g/mol. The first-order valence-corrected chi connectivity index (χ1v) is 9.32. The summed E-state index contributed by atoms with van der Waals surface area (Å²) in [7, 11) is 0. The largest absolute Gasteiger partial charge is 0.340 e. The summed E-state index contributed by atoms with van der Waals surface area (Å²) in [6.07, 6.45) is 4.92. The molecule has 140 valence electrons. The average molecular weight is 359 g/mol. The van der Waals surface area contributed by atoms with Crippen molar-refractivity contribution >= 4 is 22.9 Å². The van der Waals surface area contributed by atoms with Crippen LogP contribution in [0.25, 0.3) is 11.0 Å². The minimum absolute atomic E-state index is 0.185. The van der Waals surface area contributed by atoms with Crippen molar-refractivity contribution in [1.29, 1.82) is 0 Å². The smallest absolute Gasteiger partial charge is 0.263 e. The van der Waals surface area contributed by atoms with Crippen LogP contribution in [-0.4, -0.2) is 81.2 Å². The fraction of sp³-hybridized carbons (Fsp3) is 0.647. The predicted molar refractivity (Wildman–Crippen MR) is 98.2 cm³/mol. The van der Waals surface area contributed by atoms with Crippen molar-refractivity contribution in [2.45, 2.75) is 32.2 Å². The predicted octanol–water partition coefficient (Wildman–Crippen LogP) is 0.169. The fourth-order valence-corrected chi connectivity index (χ4v) is 3.85. The Labute approximate surface area is 151 Å². The molecule has 4 heterocycles. The highest BCUT2D eigenvalue weighted by molar-refractivity contribution is 5.78. The number of aromatic nitrogens is 4. The lowest BCUT2D eigenvalue weighted by Crippen LogP contribution is -2.52. The van der Waals surface area contributed by atoms with Crippen LogP contribution < -0.4 is 10.5 Å². The molecule has 0 bridgehead atoms. The first kappa shape index (κ1) is 17.0. The van der Waals surface area contributed by atoms with Crippen LogP contribution in [0.2, 0.25) is 0 Å². The van der Waals surface area contributed by atoms with Crippen LogP contribution in [0.3, 0.4) is 0 Å². The van der Waals surface area contributed by atoms with Gasteiger partial charge in [-0.1, -0.05) is 0 Å². The third kappa shape index (κ3) is 3.31. The quantitative estimate of drug-likeness (QED) is 0.810. The maximum absolute atomic E-state index is 12.6. The average Bonchev–Trinajstić information content (AvgIpc) is 3.12. The highest BCUT2D eigenvalue weighted by atomic mass is 16.2. The molecule has 2 aliphatic rings. The summed E-state index contributed by atoms with van der Waals surface area (Å²) in [6, 6.07) is 0.355. The van der Waals surface area contributed by atoms with Crippen molar-refractivity contribution in [1.82, 2.24) is 30.0 Å². The number of amides is 1. The Bertz CT molecular complexity index is 837. The third-order valence-corrected chi connectivity index (χ3v) is 5.46. The Morgan fingerprint density at radius 1 is 1.23 bits per heavy atom. The number of H-pyrrole nitrogens is 2. The van der Waals surface area contributed by atoms with Crippen LogP contribution >= 0.6 is 0 Å². The van der Waals surface area contributed by atoms with E-state index in [9.17, 15) is 9.59 Å². The second-order valence-corrected chi connectivity index (χ2v) is 7.22. The maximum Gasteiger partial charge on any atom is 0.263 e. The molecule has 9 heteroatoms. The molecule has 0 saturated carbocycles. The van der Waals surface area contributed by atoms with Crippen LogP contribution in [0.1, 0.15) is 26.2 Å². The van der Waals surface area contributed by atoms with Crippen LogP contribution in [0.15, 0.2) is 11.0 Å². The molecule has 1 unspecified atom stereocenters. The van der Waals surface area contributed by atoms with E-state index in [1.807, 2.05) is 9.80 Å². The Hall–Kier alpha value is -2.42. The highest BCUT2D eigenvalue weighted by Crippen LogP contribution is 2.17. The van der Waals surface area contributed by atoms with Crippen LogP contribution in [0, 0.1) is 0 Å². The molecule has 2 N–H and O–H groups in total. The van der Waals surface area contributed by atoms with Gasteiger partial charge < -0.3 is 9.80 Å². The van der Waals surface area contributed by atoms with Crippen molar-refractivity contribution in [2.24, 2.45) is 0 Å². The summed E-state index contributed by atoms with van der Waals surface area (Å²) in [5.74, 6) is 0.790. The van der Waals surface area contributed by atoms with Gasteiger partial charge >= 0.3 is 0 Å². The van der Waals surface area contributed by atoms with Gasteiger partial charge in [-0.15, -0.1) is 0 Å². The number of aromatic amines is 2. The second-order valence-electron chi connectivity index (χ2n) is 7.22. The Morgan fingerprint density at radius 3 is 2.81 bits per heavy atom. The first-order chi connectivity index (χ1) is 12.6. The molecule has 2 saturated heterocycles. The standard InChI is InChI=1S/C17H25N7O2/c1-12-4-2-3-5-24(12)14(25)11-22-6-8-23(9-7-22)17-19-15-13(10-18-21-15)16(26)20-17/h10,12H,2-9,11H2,1H3,(H2,18,19,20,21,26). The van der Waals surface area contributed by atoms with E-state index in [4.69, 9.17) is 0 Å². The van der Waals surface area contributed by atoms with E-state index < -0.39 is 0 Å². The fourth-order valence-electron chi connectivity index (χ4n) is 3.85. The van der Waals surface area contributed by atoms with Gasteiger partial charge in [0, 0.05) is 38.8 Å². The van der Waals surface area contributed by atoms with Gasteiger partial charge in [0.05, 0.1) is 12.7 Å². The third-order valence-electron chi connectivity index (χ3n) is 5.46. The minimum atomic E-state index is -0.185. The van der Waals surface area contributed by atoms with Crippen LogP contribution in [0.5, 0.6) is 0 Å². The lowest BCUT2D eigenvalue weighted by atomic mass is 10.0. The number of nitrogens with zero attached hydrogens (tertiary/aromatic N) is 5. The zero-order chi connectivity index (χ0) is 18.1. The number of hydrogen-bond donors (Lipinski definition) is 2. The first-order valence-electron chi connectivity index (χ1n) is 9.32. The van der Waals surface area contributed by atoms with E-state index in [2.05, 4.69) is 32.0 Å². The van der Waals surface area contributed by atoms with E-state index >= 15 is 0 Å². The van der Waals surface area contributed by atoms with E-state index in [-0.39, 0.29) is 11.5 Å². The minimum Gasteiger partial charge on any atom is -0.340 e. The molecule has 1 amide bonds. The molecule has 2 aromatic rings. The van der Waals surface area contributed by atoms with Crippen molar-refractivity contribution in [3.63, 3.8) is 0 Å². The number of likely N-dealkylation sites (tertiary alicyclic amines) is 1. The van der Waals surface area contributed by atoms with Crippen molar-refractivity contribution in [3.05, 3.63) is 16.6 Å². The topological polar surface area (TPSA) is 101 Å². The van der Waals surface area contributed by atoms with Crippen LogP contribution in [-0.2, 0) is 4.79 Å². The summed E-state index contributed by atoms with van der Waals surface area (Å²) < 4.78 is 0. The summed E-state index contributed by atoms with van der Waals surface area (Å²) in [4.78, 5) is 38.2. The summed E-state index contributed by atoms with van der Waals surface area (Å²) >= 11 is 0. The molecule has 2 aliphatic heterocycles. The van der Waals surface area contributed by atoms with Gasteiger partial charge in [0.15, 0.2) is 5.65 Å². The Morgan fingerprint density at radius 2 is 2.04 bits per heavy atom. The number of nitrogens with one attached hydrogen (secondary N) is 2. The van der Waals surface area contributed by atoms with E-state index in [1.165, 1.54) is 12.6 Å². The van der Waals surface area contributed by atoms with Crippen LogP contribution in [0.4, 0.5) is 5.95 Å². The van der Waals surface area contributed by atoms with Gasteiger partial charge in [-0.25, -0.2) is 0 Å². The molecule has 1 atom stereocenters. The molecule has 9 nitrogen and oxygen atoms in total. The number of carbonyl (C=O) groups excluding carboxylic acids is 1. The molecular formula is C17H25N7O2. The number of rotatable bonds is 3. The van der Waals surface area contributed by atoms with E-state index in [0.29, 0.717) is 29.6 Å². The number of hydrogen-bond acceptors (Lipinski definition) is 6. The number of fused-ring (bicyclic) bond motifs is 1. The zero-order valence-electron chi connectivity index (χ0n) is 15.1. The maximum atomic E-state index is 12.6. The van der Waals surface area contributed by atoms with Crippen molar-refractivity contribution in [2.75, 3.05) is 44.2 Å². The molecule has 0 radical (unpaired) electrons. The molecule has 4 rings (SSSR count). The monoisotopic (exact) mass is 359 g/mol. The number of piperazine rings is 1. The van der Waals surface area contributed by atoms with Gasteiger partial charge in [-0.3, -0.25) is 24.6 Å². The van der Waals surface area contributed by atoms with E-state index in [0.717, 1.165) is 45.6 Å². The van der Waals surface area contributed by atoms with Gasteiger partial charge in [0.25, 0.3) is 5.56 Å². The molecule has 0 spiro atoms. The summed E-state index contributed by atoms with van der Waals surface area (Å²) in [5.41, 5.74) is 0.316. The van der Waals surface area contributed by atoms with E-state index in [1.54, 1.807) is 0 Å². The molecule has 0 aromatic carbocycles. The number of piperidine rings is 1. The second kappa shape index (κ2) is 7.06. The normalized spacial score (nSPS) is 22.1. The SMILES string of the molecule is CC1CCCCN1C(=O)CN1CCN(c2nc3[nH]ncc3c(=O)[nH]2)CC1. The lowest BCUT2D eigenvalue weighted by Gasteiger charge is -2.38. The molecule has 2 aromatic heterocycles. The van der Waals surface area contributed by atoms with Gasteiger partial charge in [-0.2, -0.15) is 10.1 Å². The molecule has 0 aliphatic carbocycles. The summed E-state index contributed by atoms with van der Waals surface area (Å²) in [6.45, 7) is 6.51. The zero-order valence-corrected chi connectivity index (χ0v) is 15.1. The number of carbonyl (C=O) groups is 1. The Balaban J connectivity index is 1.36. The van der Waals surface area contributed by atoms with Gasteiger partial charge in [0.1, 0.15) is 5.39 Å². The Kier molecular flexibility index (Phi) is 4.62. The summed E-state index contributed by atoms with van der Waals surface area (Å²) in [5, 5.41) is 7.08. The van der Waals surface area contributed by atoms with Crippen molar-refractivity contribution < 1.29 is 4.79 Å². The lowest BCUT2D eigenvalue weighted by molar-refractivity contribution is -0.135. The van der Waals surface area contributed by atoms with Crippen molar-refractivity contribution in [3.8, 4) is 0 Å². The molecule has 26 heavy (non-hydrogen) atoms.